The summed E-state index contributed by atoms with van der Waals surface area (Å²) >= 11 is 0. The lowest BCUT2D eigenvalue weighted by Gasteiger charge is -2.22. The second kappa shape index (κ2) is 14.9. The Morgan fingerprint density at radius 3 is 2.22 bits per heavy atom. The fraction of sp³-hybridized carbons (Fsp3) is 0.444. The molecule has 200 valence electrons. The molecule has 3 atom stereocenters. The summed E-state index contributed by atoms with van der Waals surface area (Å²) in [4.78, 5) is 0. The van der Waals surface area contributed by atoms with Crippen LogP contribution in [0.5, 0.6) is 0 Å². The van der Waals surface area contributed by atoms with Gasteiger partial charge in [-0.25, -0.2) is 0 Å². The van der Waals surface area contributed by atoms with Crippen LogP contribution in [0.2, 0.25) is 0 Å². The summed E-state index contributed by atoms with van der Waals surface area (Å²) in [5.74, 6) is 0.812. The summed E-state index contributed by atoms with van der Waals surface area (Å²) in [6.45, 7) is 25.7. The van der Waals surface area contributed by atoms with Crippen molar-refractivity contribution < 1.29 is 0 Å². The molecule has 0 aromatic heterocycles. The van der Waals surface area contributed by atoms with Gasteiger partial charge in [0, 0.05) is 12.0 Å². The quantitative estimate of drug-likeness (QED) is 0.271. The van der Waals surface area contributed by atoms with Crippen LogP contribution in [0.1, 0.15) is 106 Å². The van der Waals surface area contributed by atoms with E-state index in [2.05, 4.69) is 103 Å². The van der Waals surface area contributed by atoms with Crippen LogP contribution in [0.15, 0.2) is 74.4 Å². The van der Waals surface area contributed by atoms with Gasteiger partial charge in [-0.2, -0.15) is 0 Å². The first kappa shape index (κ1) is 30.6. The van der Waals surface area contributed by atoms with Crippen molar-refractivity contribution in [2.24, 2.45) is 11.7 Å². The molecule has 2 aliphatic carbocycles. The Bertz CT molecular complexity index is 1080. The van der Waals surface area contributed by atoms with Gasteiger partial charge in [-0.05, 0) is 84.0 Å². The number of rotatable bonds is 9. The summed E-state index contributed by atoms with van der Waals surface area (Å²) in [6.07, 6.45) is 12.4. The van der Waals surface area contributed by atoms with Crippen LogP contribution in [-0.4, -0.2) is 6.04 Å². The zero-order valence-corrected chi connectivity index (χ0v) is 24.3. The molecule has 2 aromatic carbocycles. The van der Waals surface area contributed by atoms with E-state index in [1.165, 1.54) is 76.6 Å². The van der Waals surface area contributed by atoms with Gasteiger partial charge >= 0.3 is 0 Å². The van der Waals surface area contributed by atoms with Gasteiger partial charge in [-0.3, -0.25) is 0 Å². The predicted octanol–water partition coefficient (Wildman–Crippen LogP) is 9.86. The summed E-state index contributed by atoms with van der Waals surface area (Å²) in [7, 11) is 0. The second-order valence-electron chi connectivity index (χ2n) is 10.9. The number of benzene rings is 2. The molecule has 0 saturated carbocycles. The van der Waals surface area contributed by atoms with Crippen molar-refractivity contribution >= 4 is 11.1 Å². The lowest BCUT2D eigenvalue weighted by molar-refractivity contribution is 0.600. The van der Waals surface area contributed by atoms with Crippen LogP contribution in [0, 0.1) is 5.92 Å². The van der Waals surface area contributed by atoms with Gasteiger partial charge < -0.3 is 5.73 Å². The first-order valence-corrected chi connectivity index (χ1v) is 14.3. The number of nitrogens with two attached hydrogens (primary N) is 1. The summed E-state index contributed by atoms with van der Waals surface area (Å²) < 4.78 is 0. The van der Waals surface area contributed by atoms with E-state index in [0.717, 1.165) is 24.8 Å². The largest absolute Gasteiger partial charge is 0.327 e. The van der Waals surface area contributed by atoms with E-state index in [-0.39, 0.29) is 0 Å². The van der Waals surface area contributed by atoms with E-state index >= 15 is 0 Å². The molecule has 0 radical (unpaired) electrons. The van der Waals surface area contributed by atoms with Crippen molar-refractivity contribution in [3.05, 3.63) is 108 Å². The highest BCUT2D eigenvalue weighted by Crippen LogP contribution is 2.43. The molecular formula is C36H51N. The van der Waals surface area contributed by atoms with Crippen LogP contribution < -0.4 is 5.73 Å². The van der Waals surface area contributed by atoms with E-state index in [1.54, 1.807) is 0 Å². The lowest BCUT2D eigenvalue weighted by atomic mass is 9.81. The van der Waals surface area contributed by atoms with Crippen LogP contribution >= 0.6 is 0 Å². The van der Waals surface area contributed by atoms with Gasteiger partial charge in [0.2, 0.25) is 0 Å². The molecule has 4 rings (SSSR count). The van der Waals surface area contributed by atoms with E-state index < -0.39 is 0 Å². The molecule has 1 nitrogen and oxygen atoms in total. The number of hydrogen-bond acceptors (Lipinski definition) is 1. The molecule has 2 aromatic rings. The predicted molar refractivity (Wildman–Crippen MR) is 167 cm³/mol. The number of allylic oxidation sites excluding steroid dienone is 4. The van der Waals surface area contributed by atoms with Crippen molar-refractivity contribution in [2.45, 2.75) is 97.9 Å². The van der Waals surface area contributed by atoms with Crippen LogP contribution in [-0.2, 0) is 19.3 Å². The highest BCUT2D eigenvalue weighted by Gasteiger charge is 2.28. The standard InChI is InChI=1S/C27H31N.C7H16.C2H4/c1-16(2)21-8-9-25-26(15-21)18(4)11-27(25)19(5)17(3)10-20-6-7-22-13-24(28)14-23(22)12-20;1-3-5-7-6-4-2;1-2/h6-9,11-12,15,19,24,27H,1,3,10,13-14,28H2,2,4-5H3;3-7H2,1-2H3;1-2H2. The molecule has 2 aliphatic rings. The summed E-state index contributed by atoms with van der Waals surface area (Å²) in [5, 5.41) is 0. The zero-order valence-electron chi connectivity index (χ0n) is 24.3. The van der Waals surface area contributed by atoms with Crippen LogP contribution in [0.3, 0.4) is 0 Å². The van der Waals surface area contributed by atoms with E-state index in [4.69, 9.17) is 5.73 Å². The average molecular weight is 498 g/mol. The molecule has 3 unspecified atom stereocenters. The summed E-state index contributed by atoms with van der Waals surface area (Å²) in [5.41, 5.74) is 18.2. The highest BCUT2D eigenvalue weighted by molar-refractivity contribution is 5.77. The van der Waals surface area contributed by atoms with E-state index in [1.807, 2.05) is 0 Å². The molecule has 0 heterocycles. The normalized spacial score (nSPS) is 17.8. The Morgan fingerprint density at radius 2 is 1.59 bits per heavy atom. The Morgan fingerprint density at radius 1 is 0.946 bits per heavy atom. The maximum absolute atomic E-state index is 6.13. The highest BCUT2D eigenvalue weighted by atomic mass is 14.6. The Balaban J connectivity index is 0.000000465. The number of hydrogen-bond donors (Lipinski definition) is 1. The van der Waals surface area contributed by atoms with Gasteiger partial charge in [0.25, 0.3) is 0 Å². The summed E-state index contributed by atoms with van der Waals surface area (Å²) in [6, 6.07) is 14.0. The zero-order chi connectivity index (χ0) is 27.5. The molecule has 0 bridgehead atoms. The van der Waals surface area contributed by atoms with Crippen molar-refractivity contribution in [3.8, 4) is 0 Å². The minimum absolute atomic E-state index is 0.291. The fourth-order valence-corrected chi connectivity index (χ4v) is 5.49. The maximum atomic E-state index is 6.13. The molecule has 2 N–H and O–H groups in total. The van der Waals surface area contributed by atoms with Gasteiger partial charge in [0.05, 0.1) is 0 Å². The third-order valence-corrected chi connectivity index (χ3v) is 7.82. The van der Waals surface area contributed by atoms with Gasteiger partial charge in [-0.1, -0.05) is 114 Å². The first-order chi connectivity index (χ1) is 17.7. The minimum Gasteiger partial charge on any atom is -0.327 e. The number of fused-ring (bicyclic) bond motifs is 2. The van der Waals surface area contributed by atoms with Crippen molar-refractivity contribution in [2.75, 3.05) is 0 Å². The third-order valence-electron chi connectivity index (χ3n) is 7.82. The first-order valence-electron chi connectivity index (χ1n) is 14.3. The van der Waals surface area contributed by atoms with Crippen molar-refractivity contribution in [3.63, 3.8) is 0 Å². The molecule has 0 fully saturated rings. The van der Waals surface area contributed by atoms with Gasteiger partial charge in [0.1, 0.15) is 0 Å². The van der Waals surface area contributed by atoms with Crippen LogP contribution in [0.4, 0.5) is 0 Å². The molecule has 37 heavy (non-hydrogen) atoms. The Labute approximate surface area is 228 Å². The SMILES string of the molecule is C=C.C=C(C)c1ccc2c(c1)C(C)=CC2C(C)C(=C)Cc1ccc2c(c1)CC(N)C2.CCCCCCC. The van der Waals surface area contributed by atoms with Crippen molar-refractivity contribution in [1.29, 1.82) is 0 Å². The van der Waals surface area contributed by atoms with Gasteiger partial charge in [0.15, 0.2) is 0 Å². The fourth-order valence-electron chi connectivity index (χ4n) is 5.49. The lowest BCUT2D eigenvalue weighted by Crippen LogP contribution is -2.18. The topological polar surface area (TPSA) is 26.0 Å². The van der Waals surface area contributed by atoms with Crippen molar-refractivity contribution in [1.82, 2.24) is 0 Å². The molecule has 1 heteroatoms. The molecule has 0 amide bonds. The second-order valence-corrected chi connectivity index (χ2v) is 10.9. The smallest absolute Gasteiger partial charge is 0.0120 e. The molecule has 0 aliphatic heterocycles. The molecule has 0 spiro atoms. The molecular weight excluding hydrogens is 446 g/mol. The molecule has 0 saturated heterocycles. The monoisotopic (exact) mass is 497 g/mol. The number of unbranched alkanes of at least 4 members (excludes halogenated alkanes) is 4. The minimum atomic E-state index is 0.291. The maximum Gasteiger partial charge on any atom is 0.0120 e. The van der Waals surface area contributed by atoms with E-state index in [0.29, 0.717) is 17.9 Å². The van der Waals surface area contributed by atoms with Gasteiger partial charge in [-0.15, -0.1) is 13.2 Å². The Kier molecular flexibility index (Phi) is 12.3. The van der Waals surface area contributed by atoms with E-state index in [9.17, 15) is 0 Å². The Hall–Kier alpha value is -2.64. The van der Waals surface area contributed by atoms with Crippen LogP contribution in [0.25, 0.3) is 11.1 Å². The average Bonchev–Trinajstić information content (AvgIpc) is 3.43. The third kappa shape index (κ3) is 8.17.